The Labute approximate surface area is 132 Å². The number of aromatic nitrogens is 1. The molecule has 1 unspecified atom stereocenters. The number of hydrogen-bond acceptors (Lipinski definition) is 2. The summed E-state index contributed by atoms with van der Waals surface area (Å²) < 4.78 is 37.9. The van der Waals surface area contributed by atoms with E-state index in [4.69, 9.17) is 0 Å². The number of fused-ring (bicyclic) bond motifs is 1. The first-order valence-electron chi connectivity index (χ1n) is 7.51. The largest absolute Gasteiger partial charge is 0.433 e. The quantitative estimate of drug-likeness (QED) is 0.844. The summed E-state index contributed by atoms with van der Waals surface area (Å²) in [4.78, 5) is 15.6. The molecule has 0 aliphatic heterocycles. The Kier molecular flexibility index (Phi) is 3.96. The molecule has 1 atom stereocenters. The van der Waals surface area contributed by atoms with E-state index in [-0.39, 0.29) is 5.78 Å². The summed E-state index contributed by atoms with van der Waals surface area (Å²) in [5.41, 5.74) is 2.89. The maximum absolute atomic E-state index is 12.6. The number of benzene rings is 1. The van der Waals surface area contributed by atoms with Crippen molar-refractivity contribution in [3.63, 3.8) is 0 Å². The molecule has 0 bridgehead atoms. The van der Waals surface area contributed by atoms with Crippen molar-refractivity contribution in [1.82, 2.24) is 4.98 Å². The van der Waals surface area contributed by atoms with Gasteiger partial charge in [0.1, 0.15) is 11.5 Å². The fourth-order valence-electron chi connectivity index (χ4n) is 3.18. The molecule has 2 aromatic rings. The molecule has 0 amide bonds. The molecule has 5 heteroatoms. The molecule has 0 N–H and O–H groups in total. The van der Waals surface area contributed by atoms with Crippen LogP contribution in [0.15, 0.2) is 36.5 Å². The van der Waals surface area contributed by atoms with E-state index >= 15 is 0 Å². The van der Waals surface area contributed by atoms with Crippen LogP contribution in [0.2, 0.25) is 0 Å². The predicted molar refractivity (Wildman–Crippen MR) is 80.2 cm³/mol. The third kappa shape index (κ3) is 3.14. The van der Waals surface area contributed by atoms with Gasteiger partial charge in [0.25, 0.3) is 0 Å². The summed E-state index contributed by atoms with van der Waals surface area (Å²) >= 11 is 0. The van der Waals surface area contributed by atoms with Crippen LogP contribution in [-0.2, 0) is 23.8 Å². The normalized spacial score (nSPS) is 15.3. The lowest BCUT2D eigenvalue weighted by molar-refractivity contribution is -0.141. The van der Waals surface area contributed by atoms with Gasteiger partial charge >= 0.3 is 6.18 Å². The number of ketones is 1. The number of rotatable bonds is 3. The molecular formula is C18H16F3NO. The smallest absolute Gasteiger partial charge is 0.299 e. The Hall–Kier alpha value is -2.17. The zero-order chi connectivity index (χ0) is 16.6. The number of alkyl halides is 3. The van der Waals surface area contributed by atoms with Gasteiger partial charge in [-0.15, -0.1) is 0 Å². The van der Waals surface area contributed by atoms with E-state index in [1.807, 2.05) is 18.2 Å². The van der Waals surface area contributed by atoms with Crippen LogP contribution < -0.4 is 0 Å². The molecule has 0 saturated heterocycles. The van der Waals surface area contributed by atoms with Gasteiger partial charge in [-0.1, -0.05) is 24.3 Å². The highest BCUT2D eigenvalue weighted by Gasteiger charge is 2.32. The van der Waals surface area contributed by atoms with Gasteiger partial charge in [-0.3, -0.25) is 9.78 Å². The summed E-state index contributed by atoms with van der Waals surface area (Å²) in [5, 5.41) is 0. The molecule has 0 fully saturated rings. The number of halogens is 3. The Balaban J connectivity index is 1.98. The molecule has 2 nitrogen and oxygen atoms in total. The van der Waals surface area contributed by atoms with Crippen LogP contribution in [0.1, 0.15) is 47.2 Å². The topological polar surface area (TPSA) is 30.0 Å². The number of hydrogen-bond donors (Lipinski definition) is 0. The third-order valence-electron chi connectivity index (χ3n) is 4.27. The van der Waals surface area contributed by atoms with Gasteiger partial charge < -0.3 is 0 Å². The maximum Gasteiger partial charge on any atom is 0.433 e. The molecule has 1 aliphatic rings. The van der Waals surface area contributed by atoms with Gasteiger partial charge in [0.15, 0.2) is 0 Å². The zero-order valence-corrected chi connectivity index (χ0v) is 12.7. The minimum atomic E-state index is -4.47. The summed E-state index contributed by atoms with van der Waals surface area (Å²) in [5.74, 6) is -0.680. The number of pyridine rings is 1. The number of aryl methyl sites for hydroxylation is 2. The summed E-state index contributed by atoms with van der Waals surface area (Å²) in [7, 11) is 0. The first-order chi connectivity index (χ1) is 10.9. The Morgan fingerprint density at radius 3 is 2.39 bits per heavy atom. The van der Waals surface area contributed by atoms with E-state index < -0.39 is 17.8 Å². The number of nitrogens with zero attached hydrogens (tertiary/aromatic N) is 1. The summed E-state index contributed by atoms with van der Waals surface area (Å²) in [6, 6.07) is 8.19. The maximum atomic E-state index is 12.6. The van der Waals surface area contributed by atoms with E-state index in [2.05, 4.69) is 4.98 Å². The second-order valence-electron chi connectivity index (χ2n) is 5.90. The number of carbonyl (C=O) groups is 1. The van der Waals surface area contributed by atoms with Crippen LogP contribution in [-0.4, -0.2) is 10.8 Å². The van der Waals surface area contributed by atoms with Crippen molar-refractivity contribution < 1.29 is 18.0 Å². The standard InChI is InChI=1S/C18H16F3NO/c1-11(23)17(14-6-5-12-3-2-4-13(12)9-14)15-7-8-16(22-10-15)18(19,20)21/h5-10,17H,2-4H2,1H3. The minimum Gasteiger partial charge on any atom is -0.299 e. The molecule has 1 aromatic heterocycles. The predicted octanol–water partition coefficient (Wildman–Crippen LogP) is 4.31. The molecule has 3 rings (SSSR count). The molecule has 1 aromatic carbocycles. The van der Waals surface area contributed by atoms with E-state index in [9.17, 15) is 18.0 Å². The summed E-state index contributed by atoms with van der Waals surface area (Å²) in [6.07, 6.45) is -0.188. The fourth-order valence-corrected chi connectivity index (χ4v) is 3.18. The Morgan fingerprint density at radius 1 is 1.09 bits per heavy atom. The highest BCUT2D eigenvalue weighted by Crippen LogP contribution is 2.32. The Bertz CT molecular complexity index is 735. The van der Waals surface area contributed by atoms with Crippen molar-refractivity contribution in [2.75, 3.05) is 0 Å². The summed E-state index contributed by atoms with van der Waals surface area (Å²) in [6.45, 7) is 1.45. The van der Waals surface area contributed by atoms with Crippen molar-refractivity contribution in [2.24, 2.45) is 0 Å². The van der Waals surface area contributed by atoms with Gasteiger partial charge in [0.2, 0.25) is 0 Å². The highest BCUT2D eigenvalue weighted by atomic mass is 19.4. The van der Waals surface area contributed by atoms with Crippen LogP contribution in [0, 0.1) is 0 Å². The molecule has 1 aliphatic carbocycles. The molecular weight excluding hydrogens is 303 g/mol. The van der Waals surface area contributed by atoms with Crippen LogP contribution in [0.25, 0.3) is 0 Å². The number of Topliss-reactive ketones (excluding diaryl/α,β-unsaturated/α-hetero) is 1. The van der Waals surface area contributed by atoms with Crippen LogP contribution in [0.3, 0.4) is 0 Å². The van der Waals surface area contributed by atoms with Crippen LogP contribution in [0.5, 0.6) is 0 Å². The van der Waals surface area contributed by atoms with Gasteiger partial charge in [0, 0.05) is 6.20 Å². The van der Waals surface area contributed by atoms with Gasteiger partial charge in [-0.05, 0) is 54.5 Å². The van der Waals surface area contributed by atoms with E-state index in [0.29, 0.717) is 5.56 Å². The SMILES string of the molecule is CC(=O)C(c1ccc(C(F)(F)F)nc1)c1ccc2c(c1)CCC2. The van der Waals surface area contributed by atoms with Gasteiger partial charge in [-0.2, -0.15) is 13.2 Å². The average molecular weight is 319 g/mol. The molecule has 0 spiro atoms. The molecule has 0 saturated carbocycles. The monoisotopic (exact) mass is 319 g/mol. The van der Waals surface area contributed by atoms with Crippen molar-refractivity contribution in [3.8, 4) is 0 Å². The third-order valence-corrected chi connectivity index (χ3v) is 4.27. The first-order valence-corrected chi connectivity index (χ1v) is 7.51. The van der Waals surface area contributed by atoms with Crippen molar-refractivity contribution >= 4 is 5.78 Å². The van der Waals surface area contributed by atoms with Crippen molar-refractivity contribution in [3.05, 3.63) is 64.5 Å². The average Bonchev–Trinajstić information content (AvgIpc) is 2.94. The van der Waals surface area contributed by atoms with Crippen molar-refractivity contribution in [1.29, 1.82) is 0 Å². The van der Waals surface area contributed by atoms with Crippen LogP contribution >= 0.6 is 0 Å². The first kappa shape index (κ1) is 15.7. The number of carbonyl (C=O) groups excluding carboxylic acids is 1. The highest BCUT2D eigenvalue weighted by molar-refractivity contribution is 5.87. The van der Waals surface area contributed by atoms with E-state index in [1.165, 1.54) is 24.1 Å². The van der Waals surface area contributed by atoms with E-state index in [0.717, 1.165) is 37.1 Å². The van der Waals surface area contributed by atoms with E-state index in [1.54, 1.807) is 0 Å². The lowest BCUT2D eigenvalue weighted by Crippen LogP contribution is -2.13. The minimum absolute atomic E-state index is 0.107. The molecule has 23 heavy (non-hydrogen) atoms. The van der Waals surface area contributed by atoms with Crippen molar-refractivity contribution in [2.45, 2.75) is 38.3 Å². The van der Waals surface area contributed by atoms with Gasteiger partial charge in [0.05, 0.1) is 5.92 Å². The molecule has 1 heterocycles. The Morgan fingerprint density at radius 2 is 1.78 bits per heavy atom. The van der Waals surface area contributed by atoms with Gasteiger partial charge in [-0.25, -0.2) is 0 Å². The second-order valence-corrected chi connectivity index (χ2v) is 5.90. The molecule has 0 radical (unpaired) electrons. The molecule has 120 valence electrons. The lowest BCUT2D eigenvalue weighted by atomic mass is 9.87. The van der Waals surface area contributed by atoms with Crippen LogP contribution in [0.4, 0.5) is 13.2 Å². The zero-order valence-electron chi connectivity index (χ0n) is 12.7. The fraction of sp³-hybridized carbons (Fsp3) is 0.333. The second kappa shape index (κ2) is 5.80. The lowest BCUT2D eigenvalue weighted by Gasteiger charge is -2.16.